The minimum Gasteiger partial charge on any atom is -0.373 e. The second kappa shape index (κ2) is 5.28. The number of nitrogens with zero attached hydrogens (tertiary/aromatic N) is 1. The zero-order chi connectivity index (χ0) is 11.4. The number of nitrogens with two attached hydrogens (primary N) is 1. The predicted octanol–water partition coefficient (Wildman–Crippen LogP) is 0.888. The van der Waals surface area contributed by atoms with E-state index in [0.29, 0.717) is 6.54 Å². The highest BCUT2D eigenvalue weighted by Gasteiger charge is 2.19. The topological polar surface area (TPSA) is 74.0 Å². The van der Waals surface area contributed by atoms with E-state index >= 15 is 0 Å². The highest BCUT2D eigenvalue weighted by Crippen LogP contribution is 2.25. The van der Waals surface area contributed by atoms with Gasteiger partial charge in [0.25, 0.3) is 0 Å². The van der Waals surface area contributed by atoms with Gasteiger partial charge in [0.05, 0.1) is 13.0 Å². The lowest BCUT2D eigenvalue weighted by Crippen LogP contribution is -2.26. The van der Waals surface area contributed by atoms with Crippen molar-refractivity contribution in [1.29, 1.82) is 0 Å². The molecule has 0 spiro atoms. The molecule has 0 aromatic heterocycles. The summed E-state index contributed by atoms with van der Waals surface area (Å²) in [5.41, 5.74) is 1.81. The van der Waals surface area contributed by atoms with Gasteiger partial charge in [-0.1, -0.05) is 24.3 Å². The summed E-state index contributed by atoms with van der Waals surface area (Å²) in [6, 6.07) is 7.45. The molecule has 0 atom stereocenters. The van der Waals surface area contributed by atoms with Crippen LogP contribution in [-0.4, -0.2) is 11.2 Å². The van der Waals surface area contributed by atoms with E-state index in [-0.39, 0.29) is 6.42 Å². The van der Waals surface area contributed by atoms with Gasteiger partial charge in [-0.05, 0) is 16.4 Å². The van der Waals surface area contributed by atoms with Crippen LogP contribution in [0.15, 0.2) is 24.3 Å². The number of benzene rings is 1. The van der Waals surface area contributed by atoms with Crippen LogP contribution in [0.4, 0.5) is 0 Å². The van der Waals surface area contributed by atoms with E-state index in [2.05, 4.69) is 4.84 Å². The Balaban J connectivity index is 1.97. The molecule has 2 N–H and O–H groups in total. The van der Waals surface area contributed by atoms with Crippen LogP contribution < -0.4 is 5.90 Å². The van der Waals surface area contributed by atoms with Gasteiger partial charge in [0.15, 0.2) is 0 Å². The first-order valence-corrected chi connectivity index (χ1v) is 5.21. The molecule has 0 saturated carbocycles. The Morgan fingerprint density at radius 1 is 1.44 bits per heavy atom. The van der Waals surface area contributed by atoms with Crippen molar-refractivity contribution in [2.24, 2.45) is 5.90 Å². The van der Waals surface area contributed by atoms with Gasteiger partial charge in [-0.2, -0.15) is 14.5 Å². The zero-order valence-electron chi connectivity index (χ0n) is 8.29. The number of carbonyl (C=O) groups is 1. The van der Waals surface area contributed by atoms with Crippen LogP contribution in [0.2, 0.25) is 0 Å². The molecule has 0 radical (unpaired) electrons. The number of carbonyl (C=O) groups excluding carboxylic acids is 1. The van der Waals surface area contributed by atoms with E-state index in [9.17, 15) is 4.79 Å². The van der Waals surface area contributed by atoms with Crippen LogP contribution >= 0.6 is 12.3 Å². The third kappa shape index (κ3) is 2.94. The standard InChI is InChI=1S/C9H10N2O4S/c10-13-9(12)5-7-2-1-3-8(4-7)6-11-14-16-15-11/h1-4H,5-6,10H2. The number of hydrogen-bond donors (Lipinski definition) is 1. The molecule has 0 aliphatic carbocycles. The average molecular weight is 242 g/mol. The molecular formula is C9H10N2O4S. The van der Waals surface area contributed by atoms with Gasteiger partial charge in [0, 0.05) is 0 Å². The molecule has 1 fully saturated rings. The normalized spacial score (nSPS) is 15.6. The summed E-state index contributed by atoms with van der Waals surface area (Å²) in [6.45, 7) is 0.499. The molecule has 6 nitrogen and oxygen atoms in total. The second-order valence-electron chi connectivity index (χ2n) is 3.19. The molecule has 0 amide bonds. The van der Waals surface area contributed by atoms with Crippen molar-refractivity contribution in [2.45, 2.75) is 13.0 Å². The Bertz CT molecular complexity index is 384. The molecule has 16 heavy (non-hydrogen) atoms. The van der Waals surface area contributed by atoms with Gasteiger partial charge in [-0.15, -0.1) is 0 Å². The second-order valence-corrected chi connectivity index (χ2v) is 3.63. The van der Waals surface area contributed by atoms with Gasteiger partial charge in [0.2, 0.25) is 12.3 Å². The Morgan fingerprint density at radius 2 is 2.19 bits per heavy atom. The highest BCUT2D eigenvalue weighted by atomic mass is 32.2. The van der Waals surface area contributed by atoms with E-state index in [0.717, 1.165) is 23.5 Å². The van der Waals surface area contributed by atoms with E-state index < -0.39 is 5.97 Å². The molecule has 1 aromatic rings. The lowest BCUT2D eigenvalue weighted by molar-refractivity contribution is -0.309. The molecule has 1 aliphatic heterocycles. The quantitative estimate of drug-likeness (QED) is 0.620. The Hall–Kier alpha value is -1.12. The monoisotopic (exact) mass is 242 g/mol. The van der Waals surface area contributed by atoms with E-state index in [4.69, 9.17) is 14.5 Å². The van der Waals surface area contributed by atoms with Crippen LogP contribution in [0.3, 0.4) is 0 Å². The van der Waals surface area contributed by atoms with E-state index in [1.807, 2.05) is 24.3 Å². The number of hydroxylamine groups is 2. The molecule has 1 saturated heterocycles. The highest BCUT2D eigenvalue weighted by molar-refractivity contribution is 7.90. The smallest absolute Gasteiger partial charge is 0.328 e. The molecule has 86 valence electrons. The average Bonchev–Trinajstić information content (AvgIpc) is 2.24. The first-order valence-electron chi connectivity index (χ1n) is 4.54. The molecule has 1 aliphatic rings. The van der Waals surface area contributed by atoms with Gasteiger partial charge in [0.1, 0.15) is 0 Å². The third-order valence-corrected chi connectivity index (χ3v) is 2.46. The van der Waals surface area contributed by atoms with E-state index in [1.165, 1.54) is 5.23 Å². The molecule has 0 bridgehead atoms. The molecule has 1 aromatic carbocycles. The predicted molar refractivity (Wildman–Crippen MR) is 55.7 cm³/mol. The van der Waals surface area contributed by atoms with Crippen molar-refractivity contribution >= 4 is 18.3 Å². The molecule has 7 heteroatoms. The Labute approximate surface area is 96.5 Å². The summed E-state index contributed by atoms with van der Waals surface area (Å²) < 4.78 is 9.79. The van der Waals surface area contributed by atoms with E-state index in [1.54, 1.807) is 0 Å². The van der Waals surface area contributed by atoms with Crippen molar-refractivity contribution in [3.63, 3.8) is 0 Å². The first kappa shape index (κ1) is 11.4. The first-order chi connectivity index (χ1) is 7.78. The molecule has 0 unspecified atom stereocenters. The number of rotatable bonds is 4. The third-order valence-electron chi connectivity index (χ3n) is 2.01. The zero-order valence-corrected chi connectivity index (χ0v) is 9.11. The number of hydrogen-bond acceptors (Lipinski definition) is 7. The Morgan fingerprint density at radius 3 is 2.81 bits per heavy atom. The maximum atomic E-state index is 11.0. The summed E-state index contributed by atoms with van der Waals surface area (Å²) in [7, 11) is 0. The Kier molecular flexibility index (Phi) is 3.75. The fourth-order valence-electron chi connectivity index (χ4n) is 1.32. The van der Waals surface area contributed by atoms with Crippen LogP contribution in [0.25, 0.3) is 0 Å². The van der Waals surface area contributed by atoms with Crippen molar-refractivity contribution in [1.82, 2.24) is 5.23 Å². The van der Waals surface area contributed by atoms with Crippen LogP contribution in [0.1, 0.15) is 11.1 Å². The lowest BCUT2D eigenvalue weighted by Gasteiger charge is -2.24. The SMILES string of the molecule is NOC(=O)Cc1cccc(CN2OSO2)c1. The molecular weight excluding hydrogens is 232 g/mol. The van der Waals surface area contributed by atoms with Gasteiger partial charge in [-0.25, -0.2) is 0 Å². The largest absolute Gasteiger partial charge is 0.373 e. The summed E-state index contributed by atoms with van der Waals surface area (Å²) in [6.07, 6.45) is 0.154. The van der Waals surface area contributed by atoms with Gasteiger partial charge >= 0.3 is 5.97 Å². The maximum absolute atomic E-state index is 11.0. The summed E-state index contributed by atoms with van der Waals surface area (Å²) in [4.78, 5) is 15.1. The van der Waals surface area contributed by atoms with Crippen LogP contribution in [0, 0.1) is 0 Å². The fraction of sp³-hybridized carbons (Fsp3) is 0.222. The minimum absolute atomic E-state index is 0.154. The van der Waals surface area contributed by atoms with Crippen molar-refractivity contribution in [3.8, 4) is 0 Å². The van der Waals surface area contributed by atoms with Gasteiger partial charge in [-0.3, -0.25) is 4.79 Å². The molecule has 1 heterocycles. The molecule has 2 rings (SSSR count). The van der Waals surface area contributed by atoms with Crippen molar-refractivity contribution in [3.05, 3.63) is 35.4 Å². The van der Waals surface area contributed by atoms with Crippen molar-refractivity contribution < 1.29 is 18.2 Å². The fourth-order valence-corrected chi connectivity index (χ4v) is 1.57. The summed E-state index contributed by atoms with van der Waals surface area (Å²) >= 11 is 0.918. The van der Waals surface area contributed by atoms with Gasteiger partial charge < -0.3 is 4.84 Å². The van der Waals surface area contributed by atoms with Crippen molar-refractivity contribution in [2.75, 3.05) is 0 Å². The summed E-state index contributed by atoms with van der Waals surface area (Å²) in [5.74, 6) is 4.30. The maximum Gasteiger partial charge on any atom is 0.328 e. The van der Waals surface area contributed by atoms with Crippen LogP contribution in [0.5, 0.6) is 0 Å². The van der Waals surface area contributed by atoms with Crippen LogP contribution in [-0.2, 0) is 31.2 Å². The lowest BCUT2D eigenvalue weighted by atomic mass is 10.1. The minimum atomic E-state index is -0.468. The summed E-state index contributed by atoms with van der Waals surface area (Å²) in [5, 5.41) is 1.34.